The number of benzene rings is 1. The van der Waals surface area contributed by atoms with E-state index in [2.05, 4.69) is 20.3 Å². The number of hydrogen-bond acceptors (Lipinski definition) is 7. The van der Waals surface area contributed by atoms with E-state index in [0.717, 1.165) is 29.3 Å². The van der Waals surface area contributed by atoms with Gasteiger partial charge in [-0.2, -0.15) is 13.2 Å². The molecule has 4 rings (SSSR count). The number of aromatic nitrogens is 3. The molecule has 2 heterocycles. The van der Waals surface area contributed by atoms with Crippen LogP contribution in [0.15, 0.2) is 55.2 Å². The van der Waals surface area contributed by atoms with Crippen molar-refractivity contribution in [3.8, 4) is 17.2 Å². The zero-order valence-electron chi connectivity index (χ0n) is 18.0. The molecule has 35 heavy (non-hydrogen) atoms. The number of nitrogens with zero attached hydrogens (tertiary/aromatic N) is 4. The highest BCUT2D eigenvalue weighted by Gasteiger charge is 2.53. The van der Waals surface area contributed by atoms with Gasteiger partial charge < -0.3 is 14.8 Å². The lowest BCUT2D eigenvalue weighted by molar-refractivity contribution is -0.138. The minimum atomic E-state index is -4.67. The Bertz CT molecular complexity index is 1250. The Hall–Kier alpha value is -4.29. The molecule has 1 N–H and O–H groups in total. The van der Waals surface area contributed by atoms with Crippen molar-refractivity contribution in [1.29, 1.82) is 0 Å². The minimum Gasteiger partial charge on any atom is -0.455 e. The third kappa shape index (κ3) is 5.28. The van der Waals surface area contributed by atoms with Crippen molar-refractivity contribution >= 4 is 17.8 Å². The fourth-order valence-corrected chi connectivity index (χ4v) is 3.23. The number of carbonyl (C=O) groups is 2. The SMILES string of the molecule is CN(C(=O)C1(NC(=O)Oc2cncnc2)CC1)c1ncc(Oc2ccccc2C(F)(F)F)cc1F. The molecule has 0 saturated heterocycles. The van der Waals surface area contributed by atoms with Crippen LogP contribution in [0.4, 0.5) is 28.2 Å². The van der Waals surface area contributed by atoms with Gasteiger partial charge in [-0.15, -0.1) is 0 Å². The smallest absolute Gasteiger partial charge is 0.419 e. The average Bonchev–Trinajstić information content (AvgIpc) is 3.59. The fourth-order valence-electron chi connectivity index (χ4n) is 3.23. The molecule has 1 fully saturated rings. The number of rotatable bonds is 6. The zero-order chi connectivity index (χ0) is 25.2. The van der Waals surface area contributed by atoms with Crippen LogP contribution in [0.2, 0.25) is 0 Å². The predicted octanol–water partition coefficient (Wildman–Crippen LogP) is 4.11. The van der Waals surface area contributed by atoms with Crippen LogP contribution < -0.4 is 19.7 Å². The lowest BCUT2D eigenvalue weighted by Crippen LogP contribution is -2.50. The van der Waals surface area contributed by atoms with Gasteiger partial charge in [0, 0.05) is 13.1 Å². The highest BCUT2D eigenvalue weighted by Crippen LogP contribution is 2.40. The molecule has 2 amide bonds. The van der Waals surface area contributed by atoms with Gasteiger partial charge in [0.05, 0.1) is 24.2 Å². The van der Waals surface area contributed by atoms with Gasteiger partial charge in [0.25, 0.3) is 5.91 Å². The Morgan fingerprint density at radius 3 is 2.40 bits per heavy atom. The molecule has 3 aromatic rings. The quantitative estimate of drug-likeness (QED) is 0.518. The average molecular weight is 491 g/mol. The van der Waals surface area contributed by atoms with Crippen LogP contribution in [0.25, 0.3) is 0 Å². The lowest BCUT2D eigenvalue weighted by Gasteiger charge is -2.24. The Balaban J connectivity index is 1.46. The molecule has 0 unspecified atom stereocenters. The zero-order valence-corrected chi connectivity index (χ0v) is 18.0. The molecule has 182 valence electrons. The van der Waals surface area contributed by atoms with Crippen molar-refractivity contribution in [2.75, 3.05) is 11.9 Å². The second kappa shape index (κ2) is 9.16. The number of anilines is 1. The van der Waals surface area contributed by atoms with E-state index in [-0.39, 0.29) is 24.3 Å². The first-order valence-electron chi connectivity index (χ1n) is 10.1. The molecule has 2 aromatic heterocycles. The predicted molar refractivity (Wildman–Crippen MR) is 112 cm³/mol. The Morgan fingerprint density at radius 1 is 1.09 bits per heavy atom. The van der Waals surface area contributed by atoms with E-state index < -0.39 is 46.7 Å². The van der Waals surface area contributed by atoms with Crippen molar-refractivity contribution < 1.29 is 36.6 Å². The van der Waals surface area contributed by atoms with Crippen molar-refractivity contribution in [2.45, 2.75) is 24.6 Å². The molecule has 0 aliphatic heterocycles. The summed E-state index contributed by atoms with van der Waals surface area (Å²) in [6, 6.07) is 5.28. The van der Waals surface area contributed by atoms with E-state index in [1.54, 1.807) is 0 Å². The summed E-state index contributed by atoms with van der Waals surface area (Å²) in [7, 11) is 1.26. The Kier molecular flexibility index (Phi) is 6.24. The summed E-state index contributed by atoms with van der Waals surface area (Å²) in [6.45, 7) is 0. The number of nitrogens with one attached hydrogen (secondary N) is 1. The van der Waals surface area contributed by atoms with Crippen LogP contribution in [0, 0.1) is 5.82 Å². The summed E-state index contributed by atoms with van der Waals surface area (Å²) in [5, 5.41) is 2.46. The molecule has 9 nitrogen and oxygen atoms in total. The summed E-state index contributed by atoms with van der Waals surface area (Å²) >= 11 is 0. The van der Waals surface area contributed by atoms with Crippen LogP contribution in [0.1, 0.15) is 18.4 Å². The molecular formula is C22H17F4N5O4. The van der Waals surface area contributed by atoms with Gasteiger partial charge in [-0.05, 0) is 25.0 Å². The van der Waals surface area contributed by atoms with Crippen molar-refractivity contribution in [3.05, 3.63) is 66.6 Å². The summed E-state index contributed by atoms with van der Waals surface area (Å²) in [6.07, 6.45) is -0.257. The first-order chi connectivity index (χ1) is 16.6. The van der Waals surface area contributed by atoms with Crippen LogP contribution in [0.3, 0.4) is 0 Å². The number of ether oxygens (including phenoxy) is 2. The van der Waals surface area contributed by atoms with Crippen LogP contribution in [0.5, 0.6) is 17.2 Å². The van der Waals surface area contributed by atoms with Gasteiger partial charge in [0.2, 0.25) is 0 Å². The third-order valence-corrected chi connectivity index (χ3v) is 5.09. The second-order valence-corrected chi connectivity index (χ2v) is 7.61. The molecule has 1 saturated carbocycles. The standard InChI is InChI=1S/C22H17F4N5O4/c1-31(19(32)21(6-7-21)30-20(33)35-14-9-27-12-28-10-14)18-16(23)8-13(11-29-18)34-17-5-3-2-4-15(17)22(24,25)26/h2-5,8-12H,6-7H2,1H3,(H,30,33). The van der Waals surface area contributed by atoms with Crippen LogP contribution in [-0.2, 0) is 11.0 Å². The maximum absolute atomic E-state index is 14.8. The van der Waals surface area contributed by atoms with Crippen molar-refractivity contribution in [1.82, 2.24) is 20.3 Å². The molecule has 13 heteroatoms. The maximum atomic E-state index is 14.8. The summed E-state index contributed by atoms with van der Waals surface area (Å²) in [5.41, 5.74) is -2.34. The lowest BCUT2D eigenvalue weighted by atomic mass is 10.2. The maximum Gasteiger partial charge on any atom is 0.419 e. The second-order valence-electron chi connectivity index (χ2n) is 7.61. The highest BCUT2D eigenvalue weighted by molar-refractivity contribution is 6.03. The van der Waals surface area contributed by atoms with Gasteiger partial charge in [-0.3, -0.25) is 9.69 Å². The first kappa shape index (κ1) is 23.9. The first-order valence-corrected chi connectivity index (χ1v) is 10.1. The molecule has 1 aliphatic carbocycles. The molecule has 1 aliphatic rings. The van der Waals surface area contributed by atoms with Gasteiger partial charge in [0.15, 0.2) is 17.4 Å². The number of para-hydroxylation sites is 1. The Labute approximate surface area is 195 Å². The highest BCUT2D eigenvalue weighted by atomic mass is 19.4. The number of halogens is 4. The van der Waals surface area contributed by atoms with Crippen molar-refractivity contribution in [3.63, 3.8) is 0 Å². The largest absolute Gasteiger partial charge is 0.455 e. The molecule has 0 spiro atoms. The molecule has 0 bridgehead atoms. The van der Waals surface area contributed by atoms with E-state index in [0.29, 0.717) is 0 Å². The number of alkyl halides is 3. The number of pyridine rings is 1. The summed E-state index contributed by atoms with van der Waals surface area (Å²) in [5.74, 6) is -2.82. The number of carbonyl (C=O) groups excluding carboxylic acids is 2. The van der Waals surface area contributed by atoms with Gasteiger partial charge in [-0.1, -0.05) is 12.1 Å². The monoisotopic (exact) mass is 491 g/mol. The minimum absolute atomic E-state index is 0.0667. The van der Waals surface area contributed by atoms with E-state index in [1.165, 1.54) is 37.9 Å². The van der Waals surface area contributed by atoms with Crippen LogP contribution in [-0.4, -0.2) is 39.5 Å². The number of amides is 2. The topological polar surface area (TPSA) is 107 Å². The Morgan fingerprint density at radius 2 is 1.77 bits per heavy atom. The fraction of sp³-hybridized carbons (Fsp3) is 0.227. The van der Waals surface area contributed by atoms with E-state index >= 15 is 0 Å². The third-order valence-electron chi connectivity index (χ3n) is 5.09. The van der Waals surface area contributed by atoms with Gasteiger partial charge >= 0.3 is 12.3 Å². The van der Waals surface area contributed by atoms with Crippen LogP contribution >= 0.6 is 0 Å². The summed E-state index contributed by atoms with van der Waals surface area (Å²) in [4.78, 5) is 37.3. The summed E-state index contributed by atoms with van der Waals surface area (Å²) < 4.78 is 64.5. The molecule has 0 radical (unpaired) electrons. The number of likely N-dealkylation sites (N-methyl/N-ethyl adjacent to an activating group) is 1. The van der Waals surface area contributed by atoms with E-state index in [9.17, 15) is 27.2 Å². The molecule has 0 atom stereocenters. The molecular weight excluding hydrogens is 474 g/mol. The molecule has 1 aromatic carbocycles. The van der Waals surface area contributed by atoms with Gasteiger partial charge in [-0.25, -0.2) is 24.1 Å². The van der Waals surface area contributed by atoms with E-state index in [1.807, 2.05) is 0 Å². The van der Waals surface area contributed by atoms with Gasteiger partial charge in [0.1, 0.15) is 23.4 Å². The number of hydrogen-bond donors (Lipinski definition) is 1. The normalized spacial score (nSPS) is 14.1. The van der Waals surface area contributed by atoms with E-state index in [4.69, 9.17) is 9.47 Å². The van der Waals surface area contributed by atoms with Crippen molar-refractivity contribution in [2.24, 2.45) is 0 Å².